The average Bonchev–Trinajstić information content (AvgIpc) is 3.21. The highest BCUT2D eigenvalue weighted by Gasteiger charge is 2.28. The second kappa shape index (κ2) is 10.4. The zero-order valence-corrected chi connectivity index (χ0v) is 22.4. The Balaban J connectivity index is 1.36. The number of nitrogen functional groups attached to an aromatic ring is 1. The smallest absolute Gasteiger partial charge is 0.308 e. The van der Waals surface area contributed by atoms with Crippen molar-refractivity contribution < 1.29 is 14.5 Å². The number of likely N-dealkylation sites (tertiary alicyclic amines) is 1. The number of nitrogens with zero attached hydrogens (tertiary/aromatic N) is 4. The van der Waals surface area contributed by atoms with Gasteiger partial charge < -0.3 is 15.7 Å². The Morgan fingerprint density at radius 1 is 1.29 bits per heavy atom. The first-order valence-electron chi connectivity index (χ1n) is 12.4. The normalized spacial score (nSPS) is 17.5. The molecule has 1 aliphatic carbocycles. The summed E-state index contributed by atoms with van der Waals surface area (Å²) >= 11 is 5.50. The van der Waals surface area contributed by atoms with E-state index in [0.717, 1.165) is 59.4 Å². The summed E-state index contributed by atoms with van der Waals surface area (Å²) in [6.45, 7) is 3.74. The summed E-state index contributed by atoms with van der Waals surface area (Å²) < 4.78 is 3.33. The van der Waals surface area contributed by atoms with Crippen molar-refractivity contribution >= 4 is 50.6 Å². The van der Waals surface area contributed by atoms with Crippen molar-refractivity contribution in [3.05, 3.63) is 34.1 Å². The number of fused-ring (bicyclic) bond motifs is 2. The predicted molar refractivity (Wildman–Crippen MR) is 139 cm³/mol. The first kappa shape index (κ1) is 24.5. The van der Waals surface area contributed by atoms with Gasteiger partial charge in [-0.05, 0) is 109 Å². The Kier molecular flexibility index (Phi) is 7.31. The fourth-order valence-electron chi connectivity index (χ4n) is 5.21. The Morgan fingerprint density at radius 3 is 2.71 bits per heavy atom. The molecule has 0 spiro atoms. The average molecular weight is 561 g/mol. The van der Waals surface area contributed by atoms with Crippen molar-refractivity contribution in [1.29, 1.82) is 0 Å². The molecule has 3 heterocycles. The zero-order chi connectivity index (χ0) is 24.5. The number of aromatic nitrogens is 4. The van der Waals surface area contributed by atoms with E-state index in [-0.39, 0.29) is 5.91 Å². The number of halogens is 1. The van der Waals surface area contributed by atoms with Crippen LogP contribution in [0, 0.1) is 5.92 Å². The molecule has 2 aromatic heterocycles. The number of piperidine rings is 1. The molecular weight excluding hydrogens is 528 g/mol. The highest BCUT2D eigenvalue weighted by molar-refractivity contribution is 9.10. The third-order valence-corrected chi connectivity index (χ3v) is 9.23. The maximum Gasteiger partial charge on any atom is 0.308 e. The number of carbonyl (C=O) groups excluding carboxylic acids is 1. The van der Waals surface area contributed by atoms with Gasteiger partial charge in [0.2, 0.25) is 5.52 Å². The number of anilines is 1. The first-order valence-corrected chi connectivity index (χ1v) is 14.0. The summed E-state index contributed by atoms with van der Waals surface area (Å²) in [5, 5.41) is 10.6. The lowest BCUT2D eigenvalue weighted by atomic mass is 9.92. The van der Waals surface area contributed by atoms with Crippen LogP contribution in [0.15, 0.2) is 33.0 Å². The molecule has 10 heteroatoms. The third kappa shape index (κ3) is 5.20. The third-order valence-electron chi connectivity index (χ3n) is 7.24. The molecule has 0 unspecified atom stereocenters. The lowest BCUT2D eigenvalue weighted by Crippen LogP contribution is -2.44. The summed E-state index contributed by atoms with van der Waals surface area (Å²) in [4.78, 5) is 27.3. The van der Waals surface area contributed by atoms with Crippen molar-refractivity contribution in [1.82, 2.24) is 19.9 Å². The number of aryl methyl sites for hydroxylation is 3. The number of aromatic amines is 1. The topological polar surface area (TPSA) is 112 Å². The van der Waals surface area contributed by atoms with Crippen molar-refractivity contribution in [2.45, 2.75) is 74.6 Å². The summed E-state index contributed by atoms with van der Waals surface area (Å²) in [6, 6.07) is 4.60. The van der Waals surface area contributed by atoms with Crippen molar-refractivity contribution in [3.8, 4) is 0 Å². The minimum atomic E-state index is -0.930. The Morgan fingerprint density at radius 2 is 2.00 bits per heavy atom. The number of amides is 1. The molecule has 2 aliphatic rings. The molecule has 0 radical (unpaired) electrons. The number of nitrogens with one attached hydrogen (secondary N) is 1. The lowest BCUT2D eigenvalue weighted by molar-refractivity contribution is -0.711. The molecule has 8 nitrogen and oxygen atoms in total. The number of benzene rings is 1. The Bertz CT molecular complexity index is 1240. The number of aliphatic hydroxyl groups is 1. The lowest BCUT2D eigenvalue weighted by Gasteiger charge is -2.32. The van der Waals surface area contributed by atoms with E-state index < -0.39 is 6.10 Å². The first-order chi connectivity index (χ1) is 16.9. The molecule has 1 saturated heterocycles. The van der Waals surface area contributed by atoms with E-state index in [1.807, 2.05) is 0 Å². The highest BCUT2D eigenvalue weighted by atomic mass is 79.9. The molecule has 186 valence electrons. The second-order valence-corrected chi connectivity index (χ2v) is 11.5. The van der Waals surface area contributed by atoms with E-state index in [4.69, 9.17) is 5.73 Å². The molecule has 1 atom stereocenters. The fourth-order valence-corrected chi connectivity index (χ4v) is 6.85. The van der Waals surface area contributed by atoms with E-state index in [1.54, 1.807) is 16.7 Å². The number of imidazole rings is 1. The number of hydrogen-bond donors (Lipinski definition) is 3. The van der Waals surface area contributed by atoms with Gasteiger partial charge in [-0.2, -0.15) is 4.98 Å². The molecular formula is C25H32BrN6O2S+. The summed E-state index contributed by atoms with van der Waals surface area (Å²) in [6.07, 6.45) is 8.26. The number of hydrogen-bond acceptors (Lipinski definition) is 6. The molecule has 0 bridgehead atoms. The van der Waals surface area contributed by atoms with Crippen LogP contribution in [-0.2, 0) is 24.2 Å². The standard InChI is InChI=1S/C25H31BrN6O2S/c1-15(33)24(34)31-9-6-16(7-10-31)8-11-32-23-21(22(27)28-14-29-23)30-25(32)35-20-13-18-5-3-2-4-17(18)12-19(20)26/h12-16,33H,2-11H2,1H3,(H2,27,28,29)/p+1/t15-/m0/s1. The van der Waals surface area contributed by atoms with E-state index >= 15 is 0 Å². The van der Waals surface area contributed by atoms with Crippen LogP contribution in [0.2, 0.25) is 0 Å². The molecule has 1 aromatic carbocycles. The molecule has 35 heavy (non-hydrogen) atoms. The van der Waals surface area contributed by atoms with E-state index in [1.165, 1.54) is 42.1 Å². The summed E-state index contributed by atoms with van der Waals surface area (Å²) in [7, 11) is 0. The van der Waals surface area contributed by atoms with Gasteiger partial charge in [0.1, 0.15) is 6.10 Å². The maximum absolute atomic E-state index is 12.1. The molecule has 1 amide bonds. The van der Waals surface area contributed by atoms with Gasteiger partial charge in [-0.25, -0.2) is 4.57 Å². The zero-order valence-electron chi connectivity index (χ0n) is 20.0. The summed E-state index contributed by atoms with van der Waals surface area (Å²) in [5.74, 6) is 0.791. The number of nitrogens with two attached hydrogens (primary N) is 1. The van der Waals surface area contributed by atoms with Gasteiger partial charge in [0.15, 0.2) is 12.1 Å². The van der Waals surface area contributed by atoms with Crippen molar-refractivity contribution in [2.75, 3.05) is 18.8 Å². The quantitative estimate of drug-likeness (QED) is 0.397. The van der Waals surface area contributed by atoms with Crippen LogP contribution in [0.4, 0.5) is 5.82 Å². The van der Waals surface area contributed by atoms with E-state index in [2.05, 4.69) is 47.6 Å². The maximum atomic E-state index is 12.1. The molecule has 1 aliphatic heterocycles. The monoisotopic (exact) mass is 559 g/mol. The Labute approximate surface area is 217 Å². The predicted octanol–water partition coefficient (Wildman–Crippen LogP) is 3.63. The molecule has 4 N–H and O–H groups in total. The number of H-pyrrole nitrogens is 1. The fraction of sp³-hybridized carbons (Fsp3) is 0.520. The van der Waals surface area contributed by atoms with Crippen LogP contribution < -0.4 is 10.3 Å². The van der Waals surface area contributed by atoms with E-state index in [9.17, 15) is 9.90 Å². The van der Waals surface area contributed by atoms with E-state index in [0.29, 0.717) is 24.8 Å². The summed E-state index contributed by atoms with van der Waals surface area (Å²) in [5.41, 5.74) is 10.7. The second-order valence-electron chi connectivity index (χ2n) is 9.63. The molecule has 3 aromatic rings. The molecule has 0 saturated carbocycles. The van der Waals surface area contributed by atoms with Gasteiger partial charge in [0.25, 0.3) is 11.1 Å². The van der Waals surface area contributed by atoms with Crippen molar-refractivity contribution in [2.24, 2.45) is 5.92 Å². The molecule has 1 fully saturated rings. The SMILES string of the molecule is C[C@H](O)C(=O)N1CCC(CC[n+]2c(Sc3cc4c(cc3Br)CCCC4)[nH]c3c(N)ncnc32)CC1. The number of rotatable bonds is 6. The Hall–Kier alpha value is -2.17. The number of aliphatic hydroxyl groups excluding tert-OH is 1. The van der Waals surface area contributed by atoms with Crippen LogP contribution >= 0.6 is 27.7 Å². The van der Waals surface area contributed by atoms with Crippen LogP contribution in [0.25, 0.3) is 11.2 Å². The largest absolute Gasteiger partial charge is 0.384 e. The van der Waals surface area contributed by atoms with Crippen LogP contribution in [0.1, 0.15) is 50.2 Å². The minimum Gasteiger partial charge on any atom is -0.384 e. The van der Waals surface area contributed by atoms with Crippen molar-refractivity contribution in [3.63, 3.8) is 0 Å². The van der Waals surface area contributed by atoms with Gasteiger partial charge in [-0.15, -0.1) is 0 Å². The van der Waals surface area contributed by atoms with Gasteiger partial charge in [-0.1, -0.05) is 4.98 Å². The highest BCUT2D eigenvalue weighted by Crippen LogP contribution is 2.37. The van der Waals surface area contributed by atoms with Crippen LogP contribution in [0.5, 0.6) is 0 Å². The van der Waals surface area contributed by atoms with Gasteiger partial charge in [0.05, 0.1) is 6.54 Å². The van der Waals surface area contributed by atoms with Crippen LogP contribution in [0.3, 0.4) is 0 Å². The minimum absolute atomic E-state index is 0.170. The van der Waals surface area contributed by atoms with Gasteiger partial charge in [-0.3, -0.25) is 9.78 Å². The van der Waals surface area contributed by atoms with Crippen LogP contribution in [-0.4, -0.2) is 50.1 Å². The molecule has 5 rings (SSSR count). The van der Waals surface area contributed by atoms with Gasteiger partial charge in [0, 0.05) is 22.5 Å². The van der Waals surface area contributed by atoms with Gasteiger partial charge >= 0.3 is 5.65 Å². The number of carbonyl (C=O) groups is 1.